The van der Waals surface area contributed by atoms with Crippen molar-refractivity contribution >= 4 is 129 Å². The third kappa shape index (κ3) is 7.95. The van der Waals surface area contributed by atoms with Crippen molar-refractivity contribution in [1.82, 2.24) is 0 Å². The highest BCUT2D eigenvalue weighted by molar-refractivity contribution is 7.26. The number of furan rings is 1. The molecule has 0 saturated heterocycles. The lowest BCUT2D eigenvalue weighted by atomic mass is 9.84. The fraction of sp³-hybridized carbons (Fsp3) is 0. The second-order valence-corrected chi connectivity index (χ2v) is 25.2. The van der Waals surface area contributed by atoms with Crippen molar-refractivity contribution in [2.45, 2.75) is 0 Å². The van der Waals surface area contributed by atoms with Gasteiger partial charge in [0.15, 0.2) is 0 Å². The fourth-order valence-corrected chi connectivity index (χ4v) is 16.2. The maximum absolute atomic E-state index is 6.85. The van der Waals surface area contributed by atoms with E-state index in [9.17, 15) is 0 Å². The monoisotopic (exact) mass is 1160 g/mol. The van der Waals surface area contributed by atoms with Crippen molar-refractivity contribution < 1.29 is 4.42 Å². The number of rotatable bonds is 7. The van der Waals surface area contributed by atoms with Crippen molar-refractivity contribution in [3.05, 3.63) is 315 Å². The van der Waals surface area contributed by atoms with Crippen molar-refractivity contribution in [3.63, 3.8) is 0 Å². The lowest BCUT2D eigenvalue weighted by Crippen LogP contribution is -1.92. The molecule has 1 nitrogen and oxygen atoms in total. The molecule has 19 aromatic rings. The van der Waals surface area contributed by atoms with Gasteiger partial charge < -0.3 is 4.42 Å². The normalized spacial score (nSPS) is 12.0. The lowest BCUT2D eigenvalue weighted by molar-refractivity contribution is 0.670. The maximum Gasteiger partial charge on any atom is 0.143 e. The number of hydrogen-bond donors (Lipinski definition) is 0. The van der Waals surface area contributed by atoms with Crippen LogP contribution < -0.4 is 0 Å². The minimum atomic E-state index is 0.910. The molecule has 90 heavy (non-hydrogen) atoms. The smallest absolute Gasteiger partial charge is 0.143 e. The molecule has 2 heteroatoms. The second-order valence-electron chi connectivity index (χ2n) is 24.2. The van der Waals surface area contributed by atoms with E-state index in [0.717, 1.165) is 27.5 Å². The molecule has 0 aliphatic heterocycles. The Bertz CT molecular complexity index is 6090. The van der Waals surface area contributed by atoms with E-state index in [-0.39, 0.29) is 0 Å². The Hall–Kier alpha value is -11.4. The molecule has 2 heterocycles. The summed E-state index contributed by atoms with van der Waals surface area (Å²) in [6, 6.07) is 117. The molecule has 2 aromatic heterocycles. The zero-order chi connectivity index (χ0) is 59.0. The van der Waals surface area contributed by atoms with E-state index in [1.54, 1.807) is 0 Å². The van der Waals surface area contributed by atoms with Crippen LogP contribution in [0, 0.1) is 0 Å². The van der Waals surface area contributed by atoms with Gasteiger partial charge in [-0.2, -0.15) is 0 Å². The molecule has 17 aromatic carbocycles. The highest BCUT2D eigenvalue weighted by Crippen LogP contribution is 2.50. The van der Waals surface area contributed by atoms with Gasteiger partial charge in [0.2, 0.25) is 0 Å². The van der Waals surface area contributed by atoms with E-state index >= 15 is 0 Å². The van der Waals surface area contributed by atoms with Gasteiger partial charge in [0.25, 0.3) is 0 Å². The van der Waals surface area contributed by atoms with Gasteiger partial charge in [-0.25, -0.2) is 0 Å². The van der Waals surface area contributed by atoms with E-state index < -0.39 is 0 Å². The third-order valence-electron chi connectivity index (χ3n) is 19.2. The first-order valence-corrected chi connectivity index (χ1v) is 31.8. The Balaban J connectivity index is 0.637. The Kier molecular flexibility index (Phi) is 11.3. The van der Waals surface area contributed by atoms with Crippen LogP contribution in [-0.4, -0.2) is 0 Å². The van der Waals surface area contributed by atoms with Gasteiger partial charge in [0.1, 0.15) is 11.2 Å². The molecule has 0 spiro atoms. The summed E-state index contributed by atoms with van der Waals surface area (Å²) in [6.45, 7) is 0. The standard InChI is InChI=1S/C88H52OS/c1-2-17-54(18-3-1)66-21-6-7-22-68(66)86-73-27-12-10-25-71(73)85(72-26-11-13-28-74(72)86)64-43-44-67-80-49-63-42-41-62(47-65(63)52-83(80)90-82(67)51-64)61-40-39-59-45-58(37-38-60(59)46-61)53-33-35-55(36-34-53)84-69-23-8-14-29-75(69)87(76-30-15-9-24-70(76)84)78-32-16-31-77-79-48-56-19-4-5-20-57(56)50-81(79)89-88(77)78/h1-52H. The van der Waals surface area contributed by atoms with E-state index in [0.29, 0.717) is 0 Å². The molecular weight excluding hydrogens is 1110 g/mol. The van der Waals surface area contributed by atoms with Crippen LogP contribution in [-0.2, 0) is 0 Å². The summed E-state index contributed by atoms with van der Waals surface area (Å²) in [5.41, 5.74) is 18.9. The van der Waals surface area contributed by atoms with Crippen molar-refractivity contribution in [1.29, 1.82) is 0 Å². The molecule has 416 valence electrons. The van der Waals surface area contributed by atoms with Crippen LogP contribution in [0.3, 0.4) is 0 Å². The highest BCUT2D eigenvalue weighted by atomic mass is 32.1. The molecule has 0 unspecified atom stereocenters. The zero-order valence-corrected chi connectivity index (χ0v) is 49.7. The summed E-state index contributed by atoms with van der Waals surface area (Å²) in [5, 5.41) is 22.1. The largest absolute Gasteiger partial charge is 0.455 e. The van der Waals surface area contributed by atoms with Gasteiger partial charge in [-0.05, 0) is 191 Å². The summed E-state index contributed by atoms with van der Waals surface area (Å²) in [7, 11) is 0. The minimum Gasteiger partial charge on any atom is -0.455 e. The Morgan fingerprint density at radius 3 is 1.22 bits per heavy atom. The lowest BCUT2D eigenvalue weighted by Gasteiger charge is -2.19. The fourth-order valence-electron chi connectivity index (χ4n) is 15.0. The van der Waals surface area contributed by atoms with Gasteiger partial charge in [0.05, 0.1) is 0 Å². The van der Waals surface area contributed by atoms with Crippen LogP contribution in [0.1, 0.15) is 0 Å². The quantitative estimate of drug-likeness (QED) is 0.145. The summed E-state index contributed by atoms with van der Waals surface area (Å²) in [6.07, 6.45) is 0. The highest BCUT2D eigenvalue weighted by Gasteiger charge is 2.23. The molecule has 19 rings (SSSR count). The van der Waals surface area contributed by atoms with Crippen molar-refractivity contribution in [2.75, 3.05) is 0 Å². The maximum atomic E-state index is 6.85. The van der Waals surface area contributed by atoms with Gasteiger partial charge >= 0.3 is 0 Å². The van der Waals surface area contributed by atoms with E-state index in [1.165, 1.54) is 168 Å². The van der Waals surface area contributed by atoms with Gasteiger partial charge in [-0.3, -0.25) is 0 Å². The number of fused-ring (bicyclic) bond motifs is 13. The van der Waals surface area contributed by atoms with Gasteiger partial charge in [-0.1, -0.05) is 267 Å². The summed E-state index contributed by atoms with van der Waals surface area (Å²) >= 11 is 1.90. The Morgan fingerprint density at radius 1 is 0.189 bits per heavy atom. The molecular formula is C88H52OS. The Labute approximate surface area is 523 Å². The first-order valence-electron chi connectivity index (χ1n) is 31.0. The SMILES string of the molecule is c1ccc(-c2ccccc2-c2c3ccccc3c(-c3ccc4c(c3)sc3cc5cc(-c6ccc7cc(-c8ccc(-c9c%10ccccc%10c(-c%10cccc%11c%10oc%10cc%12ccccc%12cc%10%11)c%10ccccc9%10)cc8)ccc7c6)ccc5cc34)c3ccccc23)cc1. The summed E-state index contributed by atoms with van der Waals surface area (Å²) in [5.74, 6) is 0. The molecule has 0 fully saturated rings. The first-order chi connectivity index (χ1) is 44.6. The third-order valence-corrected chi connectivity index (χ3v) is 20.3. The molecule has 0 radical (unpaired) electrons. The minimum absolute atomic E-state index is 0.910. The molecule has 0 amide bonds. The van der Waals surface area contributed by atoms with Crippen LogP contribution >= 0.6 is 11.3 Å². The second kappa shape index (κ2) is 20.1. The number of para-hydroxylation sites is 1. The molecule has 0 saturated carbocycles. The molecule has 0 N–H and O–H groups in total. The average Bonchev–Trinajstić information content (AvgIpc) is 1.12. The number of thiophene rings is 1. The van der Waals surface area contributed by atoms with E-state index in [2.05, 4.69) is 315 Å². The van der Waals surface area contributed by atoms with Crippen molar-refractivity contribution in [2.24, 2.45) is 0 Å². The molecule has 0 aliphatic carbocycles. The van der Waals surface area contributed by atoms with Crippen LogP contribution in [0.2, 0.25) is 0 Å². The van der Waals surface area contributed by atoms with Crippen LogP contribution in [0.15, 0.2) is 320 Å². The van der Waals surface area contributed by atoms with Crippen LogP contribution in [0.5, 0.6) is 0 Å². The van der Waals surface area contributed by atoms with Gasteiger partial charge in [-0.15, -0.1) is 11.3 Å². The zero-order valence-electron chi connectivity index (χ0n) is 48.8. The number of benzene rings is 17. The topological polar surface area (TPSA) is 13.1 Å². The van der Waals surface area contributed by atoms with E-state index in [4.69, 9.17) is 4.42 Å². The predicted octanol–water partition coefficient (Wildman–Crippen LogP) is 25.7. The van der Waals surface area contributed by atoms with Crippen LogP contribution in [0.25, 0.3) is 195 Å². The van der Waals surface area contributed by atoms with E-state index in [1.807, 2.05) is 11.3 Å². The first kappa shape index (κ1) is 50.7. The predicted molar refractivity (Wildman–Crippen MR) is 387 cm³/mol. The average molecular weight is 1160 g/mol. The van der Waals surface area contributed by atoms with Gasteiger partial charge in [0, 0.05) is 42.1 Å². The van der Waals surface area contributed by atoms with Crippen LogP contribution in [0.4, 0.5) is 0 Å². The molecule has 0 bridgehead atoms. The molecule has 0 atom stereocenters. The summed E-state index contributed by atoms with van der Waals surface area (Å²) in [4.78, 5) is 0. The Morgan fingerprint density at radius 2 is 0.600 bits per heavy atom. The molecule has 0 aliphatic rings. The summed E-state index contributed by atoms with van der Waals surface area (Å²) < 4.78 is 9.44. The van der Waals surface area contributed by atoms with Crippen molar-refractivity contribution in [3.8, 4) is 77.9 Å². The number of hydrogen-bond acceptors (Lipinski definition) is 2.